The molecule has 4 atom stereocenters. The lowest BCUT2D eigenvalue weighted by Gasteiger charge is -2.25. The van der Waals surface area contributed by atoms with Gasteiger partial charge in [0.05, 0.1) is 24.9 Å². The van der Waals surface area contributed by atoms with E-state index in [2.05, 4.69) is 19.2 Å². The van der Waals surface area contributed by atoms with E-state index < -0.39 is 29.6 Å². The van der Waals surface area contributed by atoms with Gasteiger partial charge in [-0.1, -0.05) is 32.4 Å². The van der Waals surface area contributed by atoms with Crippen molar-refractivity contribution in [3.63, 3.8) is 0 Å². The number of nitrogens with zero attached hydrogens (tertiary/aromatic N) is 3. The maximum absolute atomic E-state index is 13.7. The molecule has 11 heteroatoms. The molecule has 10 nitrogen and oxygen atoms in total. The Morgan fingerprint density at radius 1 is 1.18 bits per heavy atom. The number of carboxylic acids is 1. The van der Waals surface area contributed by atoms with Crippen LogP contribution in [0.3, 0.4) is 0 Å². The number of amides is 2. The van der Waals surface area contributed by atoms with E-state index in [4.69, 9.17) is 19.4 Å². The van der Waals surface area contributed by atoms with Gasteiger partial charge in [-0.3, -0.25) is 9.59 Å². The fourth-order valence-electron chi connectivity index (χ4n) is 6.45. The second kappa shape index (κ2) is 12.4. The minimum Gasteiger partial charge on any atom is -0.496 e. The predicted octanol–water partition coefficient (Wildman–Crippen LogP) is 5.63. The summed E-state index contributed by atoms with van der Waals surface area (Å²) in [6, 6.07) is 4.85. The summed E-state index contributed by atoms with van der Waals surface area (Å²) >= 11 is 1.53. The zero-order valence-electron chi connectivity index (χ0n) is 26.2. The Morgan fingerprint density at radius 2 is 2.00 bits per heavy atom. The molecule has 1 saturated heterocycles. The molecule has 0 unspecified atom stereocenters. The molecule has 1 saturated carbocycles. The number of methoxy groups -OCH3 is 1. The molecule has 2 amide bonds. The number of allylic oxidation sites excluding steroid dienone is 1. The number of rotatable bonds is 6. The fourth-order valence-corrected chi connectivity index (χ4v) is 7.39. The molecule has 2 N–H and O–H groups in total. The molecule has 4 heterocycles. The van der Waals surface area contributed by atoms with Gasteiger partial charge in [0.2, 0.25) is 11.8 Å². The number of aryl methyl sites for hydroxylation is 1. The average Bonchev–Trinajstić information content (AvgIpc) is 3.33. The van der Waals surface area contributed by atoms with E-state index in [-0.39, 0.29) is 30.7 Å². The molecule has 6 rings (SSSR count). The monoisotopic (exact) mass is 632 g/mol. The van der Waals surface area contributed by atoms with E-state index in [0.29, 0.717) is 30.0 Å². The lowest BCUT2D eigenvalue weighted by molar-refractivity contribution is -0.145. The number of carboxylic acid groups (broad SMARTS) is 1. The maximum atomic E-state index is 13.7. The van der Waals surface area contributed by atoms with Crippen molar-refractivity contribution in [2.45, 2.75) is 89.3 Å². The highest BCUT2D eigenvalue weighted by molar-refractivity contribution is 7.13. The maximum Gasteiger partial charge on any atom is 0.330 e. The highest BCUT2D eigenvalue weighted by atomic mass is 32.1. The Bertz CT molecular complexity index is 1670. The quantitative estimate of drug-likeness (QED) is 0.335. The topological polar surface area (TPSA) is 131 Å². The molecule has 238 valence electrons. The molecule has 0 spiro atoms. The van der Waals surface area contributed by atoms with Crippen LogP contribution in [0.4, 0.5) is 0 Å². The number of hydrogen-bond donors (Lipinski definition) is 2. The summed E-state index contributed by atoms with van der Waals surface area (Å²) in [5.41, 5.74) is 1.93. The van der Waals surface area contributed by atoms with Gasteiger partial charge in [-0.2, -0.15) is 0 Å². The second-order valence-corrected chi connectivity index (χ2v) is 13.5. The van der Waals surface area contributed by atoms with Crippen LogP contribution in [-0.2, 0) is 14.4 Å². The van der Waals surface area contributed by atoms with Crippen LogP contribution in [0.5, 0.6) is 11.5 Å². The van der Waals surface area contributed by atoms with Gasteiger partial charge in [0.25, 0.3) is 0 Å². The van der Waals surface area contributed by atoms with E-state index in [9.17, 15) is 19.5 Å². The zero-order valence-corrected chi connectivity index (χ0v) is 27.0. The van der Waals surface area contributed by atoms with Crippen molar-refractivity contribution in [2.24, 2.45) is 5.92 Å². The van der Waals surface area contributed by atoms with Crippen molar-refractivity contribution in [2.75, 3.05) is 13.7 Å². The first kappa shape index (κ1) is 31.0. The van der Waals surface area contributed by atoms with Crippen molar-refractivity contribution in [3.05, 3.63) is 47.0 Å². The number of fused-ring (bicyclic) bond motifs is 3. The number of carbonyl (C=O) groups excluding carboxylic acids is 2. The van der Waals surface area contributed by atoms with Crippen LogP contribution in [0.2, 0.25) is 0 Å². The van der Waals surface area contributed by atoms with Gasteiger partial charge in [-0.25, -0.2) is 14.8 Å². The van der Waals surface area contributed by atoms with E-state index in [1.807, 2.05) is 42.7 Å². The van der Waals surface area contributed by atoms with Gasteiger partial charge >= 0.3 is 5.97 Å². The Labute approximate surface area is 266 Å². The third kappa shape index (κ3) is 6.02. The minimum atomic E-state index is -1.33. The zero-order chi connectivity index (χ0) is 31.9. The Kier molecular flexibility index (Phi) is 8.56. The summed E-state index contributed by atoms with van der Waals surface area (Å²) in [5, 5.41) is 16.5. The van der Waals surface area contributed by atoms with Crippen molar-refractivity contribution in [3.8, 4) is 22.2 Å². The molecule has 45 heavy (non-hydrogen) atoms. The summed E-state index contributed by atoms with van der Waals surface area (Å²) in [6.45, 7) is 6.38. The molecule has 1 aromatic carbocycles. The normalized spacial score (nSPS) is 26.2. The second-order valence-electron chi connectivity index (χ2n) is 12.7. The molecule has 3 aliphatic rings. The van der Waals surface area contributed by atoms with Crippen LogP contribution in [0, 0.1) is 12.8 Å². The molecular formula is C34H40N4O6S. The molecular weight excluding hydrogens is 592 g/mol. The summed E-state index contributed by atoms with van der Waals surface area (Å²) in [6.07, 6.45) is 7.72. The molecule has 2 aromatic heterocycles. The first-order valence-electron chi connectivity index (χ1n) is 15.7. The number of ether oxygens (including phenoxy) is 2. The standard InChI is InChI=1S/C34H40N4O6S/c1-19(2)25-18-45-32(36-25)24-15-28(23-12-13-27(43-4)20(3)30(23)35-24)44-22-14-26-31(40)37-34(33(41)42)16-21(34)10-8-6-5-7-9-11-29(39)38(26)17-22/h8,10,12-13,15,18-19,21-22,26H,5-7,9,11,14,16-17H2,1-4H3,(H,37,40)(H,41,42)/b10-8-/t21-,22-,26+,34-/m1/s1. The number of nitrogens with one attached hydrogen (secondary N) is 1. The number of aromatic nitrogens is 2. The lowest BCUT2D eigenvalue weighted by Crippen LogP contribution is -2.53. The van der Waals surface area contributed by atoms with Crippen molar-refractivity contribution in [1.29, 1.82) is 0 Å². The molecule has 2 aliphatic heterocycles. The number of aliphatic carboxylic acids is 1. The van der Waals surface area contributed by atoms with Crippen LogP contribution < -0.4 is 14.8 Å². The Balaban J connectivity index is 1.33. The van der Waals surface area contributed by atoms with Gasteiger partial charge < -0.3 is 24.8 Å². The average molecular weight is 633 g/mol. The molecule has 0 radical (unpaired) electrons. The summed E-state index contributed by atoms with van der Waals surface area (Å²) in [4.78, 5) is 50.8. The molecule has 1 aliphatic carbocycles. The van der Waals surface area contributed by atoms with Crippen molar-refractivity contribution < 1.29 is 29.0 Å². The smallest absolute Gasteiger partial charge is 0.330 e. The van der Waals surface area contributed by atoms with Crippen LogP contribution in [0.25, 0.3) is 21.6 Å². The van der Waals surface area contributed by atoms with Crippen molar-refractivity contribution in [1.82, 2.24) is 20.2 Å². The number of thiazole rings is 1. The highest BCUT2D eigenvalue weighted by Crippen LogP contribution is 2.45. The summed E-state index contributed by atoms with van der Waals surface area (Å²) in [5.74, 6) is -0.308. The first-order valence-corrected chi connectivity index (χ1v) is 16.6. The van der Waals surface area contributed by atoms with Gasteiger partial charge in [0.15, 0.2) is 0 Å². The summed E-state index contributed by atoms with van der Waals surface area (Å²) < 4.78 is 12.2. The van der Waals surface area contributed by atoms with Gasteiger partial charge in [-0.15, -0.1) is 11.3 Å². The molecule has 3 aromatic rings. The van der Waals surface area contributed by atoms with E-state index >= 15 is 0 Å². The number of pyridine rings is 1. The SMILES string of the molecule is COc1ccc2c(O[C@@H]3C[C@H]4C(=O)N[C@]5(C(=O)O)C[C@H]5/C=C\CCCCCC(=O)N4C3)cc(-c3nc(C(C)C)cs3)nc2c1C. The number of benzene rings is 1. The predicted molar refractivity (Wildman–Crippen MR) is 172 cm³/mol. The Hall–Kier alpha value is -3.99. The highest BCUT2D eigenvalue weighted by Gasteiger charge is 2.61. The third-order valence-corrected chi connectivity index (χ3v) is 10.1. The lowest BCUT2D eigenvalue weighted by atomic mass is 10.1. The Morgan fingerprint density at radius 3 is 2.73 bits per heavy atom. The van der Waals surface area contributed by atoms with Gasteiger partial charge in [0, 0.05) is 41.2 Å². The minimum absolute atomic E-state index is 0.115. The van der Waals surface area contributed by atoms with E-state index in [1.165, 1.54) is 11.3 Å². The third-order valence-electron chi connectivity index (χ3n) is 9.25. The molecule has 0 bridgehead atoms. The van der Waals surface area contributed by atoms with Crippen LogP contribution in [0.15, 0.2) is 35.7 Å². The van der Waals surface area contributed by atoms with E-state index in [1.54, 1.807) is 12.0 Å². The van der Waals surface area contributed by atoms with Crippen LogP contribution in [0.1, 0.15) is 76.0 Å². The number of hydrogen-bond acceptors (Lipinski definition) is 8. The van der Waals surface area contributed by atoms with Crippen LogP contribution in [-0.4, -0.2) is 69.1 Å². The fraction of sp³-hybridized carbons (Fsp3) is 0.500. The molecule has 2 fully saturated rings. The summed E-state index contributed by atoms with van der Waals surface area (Å²) in [7, 11) is 1.62. The van der Waals surface area contributed by atoms with Crippen molar-refractivity contribution >= 4 is 40.0 Å². The number of carbonyl (C=O) groups is 3. The first-order chi connectivity index (χ1) is 21.6. The largest absolute Gasteiger partial charge is 0.496 e. The van der Waals surface area contributed by atoms with Gasteiger partial charge in [0.1, 0.15) is 39.9 Å². The van der Waals surface area contributed by atoms with E-state index in [0.717, 1.165) is 52.9 Å². The van der Waals surface area contributed by atoms with Crippen LogP contribution >= 0.6 is 11.3 Å². The van der Waals surface area contributed by atoms with Gasteiger partial charge in [-0.05, 0) is 50.7 Å².